The second-order valence-electron chi connectivity index (χ2n) is 14.3. The number of benzene rings is 8. The Bertz CT molecular complexity index is 3440. The first-order valence-corrected chi connectivity index (χ1v) is 18.8. The summed E-state index contributed by atoms with van der Waals surface area (Å²) in [6.45, 7) is 0. The predicted molar refractivity (Wildman–Crippen MR) is 230 cm³/mol. The fraction of sp³-hybridized carbons (Fsp3) is 0. The van der Waals surface area contributed by atoms with Crippen molar-refractivity contribution in [2.45, 2.75) is 0 Å². The summed E-state index contributed by atoms with van der Waals surface area (Å²) in [4.78, 5) is 21.0. The normalized spacial score (nSPS) is 11.9. The van der Waals surface area contributed by atoms with Crippen molar-refractivity contribution in [3.63, 3.8) is 0 Å². The molecule has 0 spiro atoms. The van der Waals surface area contributed by atoms with E-state index in [0.717, 1.165) is 87.8 Å². The van der Waals surface area contributed by atoms with Gasteiger partial charge in [0.15, 0.2) is 0 Å². The van der Waals surface area contributed by atoms with E-state index >= 15 is 0 Å². The summed E-state index contributed by atoms with van der Waals surface area (Å²) in [5.74, 6) is 1.26. The molecule has 0 N–H and O–H groups in total. The number of aromatic nitrogens is 6. The highest BCUT2D eigenvalue weighted by molar-refractivity contribution is 6.29. The maximum absolute atomic E-state index is 5.40. The molecule has 56 heavy (non-hydrogen) atoms. The van der Waals surface area contributed by atoms with Crippen LogP contribution in [0.15, 0.2) is 182 Å². The van der Waals surface area contributed by atoms with Crippen LogP contribution in [0.5, 0.6) is 0 Å². The average Bonchev–Trinajstić information content (AvgIpc) is 3.80. The van der Waals surface area contributed by atoms with Gasteiger partial charge in [-0.2, -0.15) is 0 Å². The molecular formula is C50H30N6. The molecule has 0 fully saturated rings. The van der Waals surface area contributed by atoms with E-state index in [2.05, 4.69) is 173 Å². The average molecular weight is 715 g/mol. The van der Waals surface area contributed by atoms with Gasteiger partial charge < -0.3 is 0 Å². The first-order valence-electron chi connectivity index (χ1n) is 18.8. The van der Waals surface area contributed by atoms with Crippen molar-refractivity contribution < 1.29 is 0 Å². The minimum absolute atomic E-state index is 0.622. The molecule has 0 atom stereocenters. The zero-order chi connectivity index (χ0) is 36.7. The van der Waals surface area contributed by atoms with E-state index in [9.17, 15) is 0 Å². The summed E-state index contributed by atoms with van der Waals surface area (Å²) in [7, 11) is 0. The molecule has 0 unspecified atom stereocenters. The van der Waals surface area contributed by atoms with Gasteiger partial charge in [0, 0.05) is 49.6 Å². The van der Waals surface area contributed by atoms with Gasteiger partial charge in [0.25, 0.3) is 0 Å². The fourth-order valence-electron chi connectivity index (χ4n) is 8.76. The van der Waals surface area contributed by atoms with Crippen molar-refractivity contribution in [3.8, 4) is 34.4 Å². The molecule has 12 aromatic rings. The summed E-state index contributed by atoms with van der Waals surface area (Å²) in [5, 5.41) is 10.2. The number of hydrogen-bond acceptors (Lipinski definition) is 4. The number of fused-ring (bicyclic) bond motifs is 13. The topological polar surface area (TPSA) is 61.4 Å². The Morgan fingerprint density at radius 3 is 1.30 bits per heavy atom. The van der Waals surface area contributed by atoms with Crippen LogP contribution in [0.25, 0.3) is 110 Å². The van der Waals surface area contributed by atoms with Crippen LogP contribution in [0, 0.1) is 0 Å². The third kappa shape index (κ3) is 4.44. The molecule has 4 aromatic heterocycles. The summed E-state index contributed by atoms with van der Waals surface area (Å²) in [6.07, 6.45) is 2.00. The largest absolute Gasteiger partial charge is 0.278 e. The van der Waals surface area contributed by atoms with E-state index < -0.39 is 0 Å². The molecule has 0 radical (unpaired) electrons. The van der Waals surface area contributed by atoms with Crippen LogP contribution in [-0.2, 0) is 0 Å². The number of hydrogen-bond donors (Lipinski definition) is 0. The Morgan fingerprint density at radius 2 is 0.750 bits per heavy atom. The van der Waals surface area contributed by atoms with Crippen LogP contribution in [0.4, 0.5) is 0 Å². The lowest BCUT2D eigenvalue weighted by Crippen LogP contribution is -2.04. The highest BCUT2D eigenvalue weighted by Gasteiger charge is 2.23. The van der Waals surface area contributed by atoms with Gasteiger partial charge in [0.2, 0.25) is 11.9 Å². The first kappa shape index (κ1) is 30.7. The van der Waals surface area contributed by atoms with Crippen LogP contribution in [0.3, 0.4) is 0 Å². The Hall–Kier alpha value is -7.70. The highest BCUT2D eigenvalue weighted by atomic mass is 15.2. The van der Waals surface area contributed by atoms with E-state index in [0.29, 0.717) is 11.9 Å². The Morgan fingerprint density at radius 1 is 0.321 bits per heavy atom. The van der Waals surface area contributed by atoms with E-state index in [1.54, 1.807) is 0 Å². The molecular weight excluding hydrogens is 685 g/mol. The molecule has 8 aromatic carbocycles. The standard InChI is InChI=1S/C50H30N6/c1-3-15-31(16-4-1)40-29-41(32-17-5-2-6-18-32)53-50(52-40)56-43-26-14-12-24-38(43)47-45(56)28-27-44-46(47)37-23-11-13-25-42(37)55(44)49-51-30-39-35-21-8-7-19-33(35)34-20-9-10-22-36(34)48(39)54-49/h1-30H. The van der Waals surface area contributed by atoms with E-state index in [1.165, 1.54) is 10.8 Å². The van der Waals surface area contributed by atoms with Crippen LogP contribution in [0.1, 0.15) is 0 Å². The zero-order valence-electron chi connectivity index (χ0n) is 30.0. The number of nitrogens with zero attached hydrogens (tertiary/aromatic N) is 6. The molecule has 6 nitrogen and oxygen atoms in total. The Balaban J connectivity index is 1.16. The molecule has 0 aliphatic rings. The van der Waals surface area contributed by atoms with Crippen molar-refractivity contribution in [1.29, 1.82) is 0 Å². The zero-order valence-corrected chi connectivity index (χ0v) is 30.0. The van der Waals surface area contributed by atoms with Gasteiger partial charge in [-0.15, -0.1) is 0 Å². The molecule has 12 rings (SSSR count). The van der Waals surface area contributed by atoms with E-state index in [-0.39, 0.29) is 0 Å². The quantitative estimate of drug-likeness (QED) is 0.170. The lowest BCUT2D eigenvalue weighted by atomic mass is 9.98. The van der Waals surface area contributed by atoms with Gasteiger partial charge in [-0.25, -0.2) is 19.9 Å². The number of rotatable bonds is 4. The molecule has 0 bridgehead atoms. The molecule has 0 aliphatic carbocycles. The maximum Gasteiger partial charge on any atom is 0.235 e. The fourth-order valence-corrected chi connectivity index (χ4v) is 8.76. The minimum Gasteiger partial charge on any atom is -0.278 e. The van der Waals surface area contributed by atoms with Gasteiger partial charge in [0.1, 0.15) is 0 Å². The summed E-state index contributed by atoms with van der Waals surface area (Å²) in [6, 6.07) is 61.4. The smallest absolute Gasteiger partial charge is 0.235 e. The molecule has 4 heterocycles. The van der Waals surface area contributed by atoms with Gasteiger partial charge in [-0.05, 0) is 46.5 Å². The molecule has 0 aliphatic heterocycles. The van der Waals surface area contributed by atoms with Crippen LogP contribution in [-0.4, -0.2) is 29.1 Å². The van der Waals surface area contributed by atoms with Gasteiger partial charge >= 0.3 is 0 Å². The summed E-state index contributed by atoms with van der Waals surface area (Å²) < 4.78 is 4.44. The van der Waals surface area contributed by atoms with Crippen molar-refractivity contribution in [3.05, 3.63) is 182 Å². The first-order chi connectivity index (χ1) is 27.8. The molecule has 0 saturated heterocycles. The third-order valence-electron chi connectivity index (χ3n) is 11.2. The second kappa shape index (κ2) is 11.9. The second-order valence-corrected chi connectivity index (χ2v) is 14.3. The molecule has 0 amide bonds. The molecule has 0 saturated carbocycles. The Kier molecular flexibility index (Phi) is 6.53. The van der Waals surface area contributed by atoms with Crippen molar-refractivity contribution in [2.75, 3.05) is 0 Å². The predicted octanol–water partition coefficient (Wildman–Crippen LogP) is 12.3. The van der Waals surface area contributed by atoms with Crippen LogP contribution < -0.4 is 0 Å². The van der Waals surface area contributed by atoms with Gasteiger partial charge in [-0.3, -0.25) is 9.13 Å². The molecule has 260 valence electrons. The van der Waals surface area contributed by atoms with E-state index in [1.807, 2.05) is 18.3 Å². The lowest BCUT2D eigenvalue weighted by molar-refractivity contribution is 0.995. The SMILES string of the molecule is c1ccc(-c2cc(-c3ccccc3)nc(-n3c4ccccc4c4c5c6ccccc6n(-c6ncc7c8ccccc8c8ccccc8c7n6)c5ccc43)n2)cc1. The third-order valence-corrected chi connectivity index (χ3v) is 11.2. The highest BCUT2D eigenvalue weighted by Crippen LogP contribution is 2.42. The van der Waals surface area contributed by atoms with Crippen LogP contribution >= 0.6 is 0 Å². The van der Waals surface area contributed by atoms with Crippen molar-refractivity contribution in [2.24, 2.45) is 0 Å². The monoisotopic (exact) mass is 714 g/mol. The Labute approximate surface area is 320 Å². The maximum atomic E-state index is 5.40. The van der Waals surface area contributed by atoms with E-state index in [4.69, 9.17) is 19.9 Å². The van der Waals surface area contributed by atoms with Crippen molar-refractivity contribution >= 4 is 76.1 Å². The summed E-state index contributed by atoms with van der Waals surface area (Å²) >= 11 is 0. The summed E-state index contributed by atoms with van der Waals surface area (Å²) in [5.41, 5.74) is 8.90. The van der Waals surface area contributed by atoms with Crippen molar-refractivity contribution in [1.82, 2.24) is 29.1 Å². The minimum atomic E-state index is 0.622. The van der Waals surface area contributed by atoms with Gasteiger partial charge in [0.05, 0.1) is 39.0 Å². The number of para-hydroxylation sites is 2. The van der Waals surface area contributed by atoms with Crippen LogP contribution in [0.2, 0.25) is 0 Å². The molecule has 6 heteroatoms. The lowest BCUT2D eigenvalue weighted by Gasteiger charge is -2.12. The van der Waals surface area contributed by atoms with Gasteiger partial charge in [-0.1, -0.05) is 146 Å².